The molecule has 1 atom stereocenters. The number of benzene rings is 1. The van der Waals surface area contributed by atoms with E-state index in [9.17, 15) is 4.39 Å². The molecule has 0 aromatic heterocycles. The van der Waals surface area contributed by atoms with Gasteiger partial charge in [0, 0.05) is 18.8 Å². The Kier molecular flexibility index (Phi) is 12.8. The number of halogens is 1. The van der Waals surface area contributed by atoms with E-state index in [-0.39, 0.29) is 11.9 Å². The molecule has 0 aliphatic heterocycles. The second kappa shape index (κ2) is 15.1. The van der Waals surface area contributed by atoms with Crippen LogP contribution in [0.15, 0.2) is 77.0 Å². The molecule has 0 heterocycles. The minimum absolute atomic E-state index is 0.0674. The molecule has 0 bridgehead atoms. The Morgan fingerprint density at radius 1 is 1.29 bits per heavy atom. The summed E-state index contributed by atoms with van der Waals surface area (Å²) in [5, 5.41) is 3.32. The Balaban J connectivity index is 3.07. The van der Waals surface area contributed by atoms with Crippen LogP contribution in [0.1, 0.15) is 50.3 Å². The molecule has 4 nitrogen and oxygen atoms in total. The minimum Gasteiger partial charge on any atom is -0.373 e. The largest absolute Gasteiger partial charge is 0.373 e. The molecule has 5 heteroatoms. The number of rotatable bonds is 14. The van der Waals surface area contributed by atoms with Crippen LogP contribution < -0.4 is 5.32 Å². The predicted octanol–water partition coefficient (Wildman–Crippen LogP) is 6.15. The fraction of sp³-hybridized carbons (Fsp3) is 0.385. The van der Waals surface area contributed by atoms with E-state index < -0.39 is 0 Å². The topological polar surface area (TPSA) is 40.0 Å². The first-order valence-corrected chi connectivity index (χ1v) is 10.8. The zero-order chi connectivity index (χ0) is 23.1. The van der Waals surface area contributed by atoms with Crippen molar-refractivity contribution in [3.63, 3.8) is 0 Å². The van der Waals surface area contributed by atoms with E-state index in [0.717, 1.165) is 42.7 Å². The lowest BCUT2D eigenvalue weighted by molar-refractivity contribution is 0.327. The normalized spacial score (nSPS) is 13.7. The highest BCUT2D eigenvalue weighted by molar-refractivity contribution is 6.10. The van der Waals surface area contributed by atoms with Crippen molar-refractivity contribution in [1.82, 2.24) is 10.2 Å². The number of aryl methyl sites for hydroxylation is 1. The van der Waals surface area contributed by atoms with Crippen molar-refractivity contribution in [3.05, 3.63) is 84.0 Å². The highest BCUT2D eigenvalue weighted by Gasteiger charge is 2.14. The van der Waals surface area contributed by atoms with Crippen molar-refractivity contribution in [2.45, 2.75) is 46.1 Å². The van der Waals surface area contributed by atoms with E-state index in [1.165, 1.54) is 0 Å². The molecule has 0 radical (unpaired) electrons. The summed E-state index contributed by atoms with van der Waals surface area (Å²) in [6, 6.07) is 5.52. The highest BCUT2D eigenvalue weighted by Crippen LogP contribution is 2.25. The van der Waals surface area contributed by atoms with Gasteiger partial charge in [0.1, 0.15) is 5.82 Å². The fourth-order valence-electron chi connectivity index (χ4n) is 3.12. The number of nitrogens with zero attached hydrogens (tertiary/aromatic N) is 3. The average molecular weight is 425 g/mol. The Hall–Kier alpha value is -2.79. The van der Waals surface area contributed by atoms with E-state index in [1.54, 1.807) is 25.3 Å². The first kappa shape index (κ1) is 26.2. The zero-order valence-electron chi connectivity index (χ0n) is 19.4. The molecule has 0 saturated heterocycles. The molecule has 0 aliphatic carbocycles. The summed E-state index contributed by atoms with van der Waals surface area (Å²) in [5.41, 5.74) is 3.31. The van der Waals surface area contributed by atoms with Crippen molar-refractivity contribution in [2.75, 3.05) is 20.3 Å². The standard InChI is InChI=1S/C26H37FN4/c1-7-10-16-29-20-30-25(14-17-28-5)22(11-8-2)15-18-31(6)26(9-3)23-13-12-21(4)24(27)19-23/h8,11-15,17-19,26,29H,2,5,7,9-10,16,20H2,1,3-4,6H3/b17-14-,18-15-,22-11+,30-25?. The van der Waals surface area contributed by atoms with Crippen molar-refractivity contribution >= 4 is 12.4 Å². The minimum atomic E-state index is -0.173. The first-order valence-electron chi connectivity index (χ1n) is 10.8. The lowest BCUT2D eigenvalue weighted by Gasteiger charge is -2.26. The highest BCUT2D eigenvalue weighted by atomic mass is 19.1. The average Bonchev–Trinajstić information content (AvgIpc) is 2.76. The van der Waals surface area contributed by atoms with Crippen molar-refractivity contribution < 1.29 is 4.39 Å². The van der Waals surface area contributed by atoms with E-state index in [1.807, 2.05) is 43.6 Å². The number of hydrogen-bond acceptors (Lipinski definition) is 4. The Morgan fingerprint density at radius 2 is 2.06 bits per heavy atom. The first-order chi connectivity index (χ1) is 15.0. The van der Waals surface area contributed by atoms with Gasteiger partial charge < -0.3 is 4.90 Å². The molecule has 1 N–H and O–H groups in total. The second-order valence-electron chi connectivity index (χ2n) is 7.32. The summed E-state index contributed by atoms with van der Waals surface area (Å²) in [7, 11) is 2.00. The van der Waals surface area contributed by atoms with Gasteiger partial charge in [-0.3, -0.25) is 15.3 Å². The van der Waals surface area contributed by atoms with Gasteiger partial charge in [0.05, 0.1) is 18.4 Å². The van der Waals surface area contributed by atoms with Gasteiger partial charge in [0.2, 0.25) is 0 Å². The molecule has 31 heavy (non-hydrogen) atoms. The van der Waals surface area contributed by atoms with E-state index in [2.05, 4.69) is 47.3 Å². The molecular formula is C26H37FN4. The van der Waals surface area contributed by atoms with Crippen LogP contribution in [0.2, 0.25) is 0 Å². The molecule has 0 amide bonds. The number of allylic oxidation sites excluding steroid dienone is 5. The van der Waals surface area contributed by atoms with E-state index in [4.69, 9.17) is 0 Å². The molecule has 1 aromatic carbocycles. The van der Waals surface area contributed by atoms with Gasteiger partial charge in [-0.1, -0.05) is 51.1 Å². The summed E-state index contributed by atoms with van der Waals surface area (Å²) >= 11 is 0. The maximum Gasteiger partial charge on any atom is 0.126 e. The van der Waals surface area contributed by atoms with E-state index >= 15 is 0 Å². The van der Waals surface area contributed by atoms with Crippen LogP contribution in [0, 0.1) is 12.7 Å². The van der Waals surface area contributed by atoms with Crippen LogP contribution in [-0.4, -0.2) is 37.6 Å². The second-order valence-corrected chi connectivity index (χ2v) is 7.32. The van der Waals surface area contributed by atoms with Crippen LogP contribution in [-0.2, 0) is 0 Å². The molecule has 1 rings (SSSR count). The van der Waals surface area contributed by atoms with Gasteiger partial charge in [-0.05, 0) is 68.6 Å². The third kappa shape index (κ3) is 9.26. The van der Waals surface area contributed by atoms with Gasteiger partial charge >= 0.3 is 0 Å². The zero-order valence-corrected chi connectivity index (χ0v) is 19.4. The monoisotopic (exact) mass is 424 g/mol. The number of unbranched alkanes of at least 4 members (excludes halogenated alkanes) is 1. The quantitative estimate of drug-likeness (QED) is 0.221. The molecule has 0 spiro atoms. The molecular weight excluding hydrogens is 387 g/mol. The van der Waals surface area contributed by atoms with Crippen LogP contribution in [0.3, 0.4) is 0 Å². The third-order valence-electron chi connectivity index (χ3n) is 4.95. The summed E-state index contributed by atoms with van der Waals surface area (Å²) in [5.74, 6) is -0.173. The molecule has 0 fully saturated rings. The summed E-state index contributed by atoms with van der Waals surface area (Å²) in [6.45, 7) is 14.8. The van der Waals surface area contributed by atoms with Crippen LogP contribution >= 0.6 is 0 Å². The van der Waals surface area contributed by atoms with Crippen LogP contribution in [0.5, 0.6) is 0 Å². The number of hydrogen-bond donors (Lipinski definition) is 1. The SMILES string of the molecule is C=C/C=C(\C=C/N(C)C(CC)c1ccc(C)c(F)c1)C(/C=C\N=C)=NCNCCCC. The van der Waals surface area contributed by atoms with Crippen molar-refractivity contribution in [3.8, 4) is 0 Å². The fourth-order valence-corrected chi connectivity index (χ4v) is 3.12. The van der Waals surface area contributed by atoms with Crippen molar-refractivity contribution in [1.29, 1.82) is 0 Å². The summed E-state index contributed by atoms with van der Waals surface area (Å²) in [6.07, 6.45) is 14.2. The summed E-state index contributed by atoms with van der Waals surface area (Å²) in [4.78, 5) is 10.6. The molecule has 168 valence electrons. The van der Waals surface area contributed by atoms with Crippen LogP contribution in [0.4, 0.5) is 4.39 Å². The van der Waals surface area contributed by atoms with Gasteiger partial charge in [0.25, 0.3) is 0 Å². The smallest absolute Gasteiger partial charge is 0.126 e. The van der Waals surface area contributed by atoms with E-state index in [0.29, 0.717) is 12.2 Å². The molecule has 0 aliphatic rings. The van der Waals surface area contributed by atoms with Gasteiger partial charge in [0.15, 0.2) is 0 Å². The molecule has 0 saturated carbocycles. The Bertz CT molecular complexity index is 821. The number of aliphatic imine (C=N–C) groups is 2. The maximum atomic E-state index is 14.1. The number of nitrogens with one attached hydrogen (secondary N) is 1. The van der Waals surface area contributed by atoms with Gasteiger partial charge in [-0.15, -0.1) is 0 Å². The molecule has 1 unspecified atom stereocenters. The van der Waals surface area contributed by atoms with Crippen LogP contribution in [0.25, 0.3) is 0 Å². The lowest BCUT2D eigenvalue weighted by atomic mass is 10.0. The maximum absolute atomic E-state index is 14.1. The third-order valence-corrected chi connectivity index (χ3v) is 4.95. The van der Waals surface area contributed by atoms with Crippen molar-refractivity contribution in [2.24, 2.45) is 9.98 Å². The Morgan fingerprint density at radius 3 is 2.68 bits per heavy atom. The Labute approximate surface area is 187 Å². The lowest BCUT2D eigenvalue weighted by Crippen LogP contribution is -2.19. The molecule has 1 aromatic rings. The summed E-state index contributed by atoms with van der Waals surface area (Å²) < 4.78 is 14.1. The van der Waals surface area contributed by atoms with Gasteiger partial charge in [-0.25, -0.2) is 4.39 Å². The predicted molar refractivity (Wildman–Crippen MR) is 133 cm³/mol. The van der Waals surface area contributed by atoms with Gasteiger partial charge in [-0.2, -0.15) is 0 Å².